The van der Waals surface area contributed by atoms with Gasteiger partial charge in [0.05, 0.1) is 12.7 Å². The van der Waals surface area contributed by atoms with Crippen molar-refractivity contribution in [3.63, 3.8) is 0 Å². The zero-order valence-corrected chi connectivity index (χ0v) is 9.33. The lowest BCUT2D eigenvalue weighted by Crippen LogP contribution is -2.48. The van der Waals surface area contributed by atoms with Gasteiger partial charge in [-0.25, -0.2) is 0 Å². The molecule has 0 spiro atoms. The van der Waals surface area contributed by atoms with E-state index in [1.54, 1.807) is 6.92 Å². The van der Waals surface area contributed by atoms with Crippen molar-refractivity contribution in [3.05, 3.63) is 0 Å². The van der Waals surface area contributed by atoms with E-state index in [2.05, 4.69) is 0 Å². The topological polar surface area (TPSA) is 66.8 Å². The van der Waals surface area contributed by atoms with Gasteiger partial charge in [-0.15, -0.1) is 0 Å². The van der Waals surface area contributed by atoms with Gasteiger partial charge in [0.2, 0.25) is 0 Å². The van der Waals surface area contributed by atoms with Crippen LogP contribution in [-0.4, -0.2) is 56.0 Å². The highest BCUT2D eigenvalue weighted by Crippen LogP contribution is 2.16. The first kappa shape index (κ1) is 11.9. The summed E-state index contributed by atoms with van der Waals surface area (Å²) in [7, 11) is -2.08. The molecule has 0 aromatic heterocycles. The van der Waals surface area contributed by atoms with Crippen LogP contribution in [-0.2, 0) is 14.9 Å². The van der Waals surface area contributed by atoms with Gasteiger partial charge < -0.3 is 9.64 Å². The Labute approximate surface area is 84.8 Å². The van der Waals surface area contributed by atoms with Crippen LogP contribution in [0.1, 0.15) is 13.3 Å². The fraction of sp³-hybridized carbons (Fsp3) is 1.00. The standard InChI is InChI=1S/C8H17NO4S/c1-3-8(14(10,11)12)7-6-9(2)4-5-13-7/h7-8H,3-6H2,1-2H3,(H,10,11,12). The number of rotatable bonds is 3. The summed E-state index contributed by atoms with van der Waals surface area (Å²) in [5, 5.41) is -0.801. The van der Waals surface area contributed by atoms with Gasteiger partial charge in [0, 0.05) is 13.1 Å². The van der Waals surface area contributed by atoms with Crippen LogP contribution in [0.5, 0.6) is 0 Å². The summed E-state index contributed by atoms with van der Waals surface area (Å²) in [5.41, 5.74) is 0. The zero-order chi connectivity index (χ0) is 10.8. The van der Waals surface area contributed by atoms with Gasteiger partial charge in [-0.05, 0) is 13.5 Å². The molecule has 1 saturated heterocycles. The molecule has 1 aliphatic rings. The molecule has 84 valence electrons. The quantitative estimate of drug-likeness (QED) is 0.681. The van der Waals surface area contributed by atoms with Gasteiger partial charge in [-0.1, -0.05) is 6.92 Å². The number of hydrogen-bond acceptors (Lipinski definition) is 4. The van der Waals surface area contributed by atoms with Gasteiger partial charge in [-0.3, -0.25) is 4.55 Å². The molecule has 1 rings (SSSR count). The largest absolute Gasteiger partial charge is 0.374 e. The first-order valence-electron chi connectivity index (χ1n) is 4.71. The molecule has 1 N–H and O–H groups in total. The van der Waals surface area contributed by atoms with Crippen molar-refractivity contribution in [1.82, 2.24) is 4.90 Å². The van der Waals surface area contributed by atoms with Crippen LogP contribution in [0.2, 0.25) is 0 Å². The van der Waals surface area contributed by atoms with Gasteiger partial charge in [-0.2, -0.15) is 8.42 Å². The molecule has 0 aromatic rings. The van der Waals surface area contributed by atoms with E-state index >= 15 is 0 Å². The van der Waals surface area contributed by atoms with Gasteiger partial charge >= 0.3 is 0 Å². The van der Waals surface area contributed by atoms with Crippen molar-refractivity contribution in [2.45, 2.75) is 24.7 Å². The predicted molar refractivity (Wildman–Crippen MR) is 52.9 cm³/mol. The molecule has 2 unspecified atom stereocenters. The smallest absolute Gasteiger partial charge is 0.270 e. The fourth-order valence-corrected chi connectivity index (χ4v) is 2.67. The lowest BCUT2D eigenvalue weighted by atomic mass is 10.1. The second kappa shape index (κ2) is 4.57. The Hall–Kier alpha value is -0.170. The molecule has 0 aliphatic carbocycles. The highest BCUT2D eigenvalue weighted by molar-refractivity contribution is 7.86. The third-order valence-corrected chi connectivity index (χ3v) is 3.90. The molecule has 0 radical (unpaired) electrons. The monoisotopic (exact) mass is 223 g/mol. The summed E-state index contributed by atoms with van der Waals surface area (Å²) in [6, 6.07) is 0. The number of nitrogens with zero attached hydrogens (tertiary/aromatic N) is 1. The van der Waals surface area contributed by atoms with Gasteiger partial charge in [0.1, 0.15) is 5.25 Å². The summed E-state index contributed by atoms with van der Waals surface area (Å²) in [4.78, 5) is 2.00. The van der Waals surface area contributed by atoms with E-state index in [1.165, 1.54) is 0 Å². The average Bonchev–Trinajstić information content (AvgIpc) is 2.02. The van der Waals surface area contributed by atoms with Crippen LogP contribution >= 0.6 is 0 Å². The number of morpholine rings is 1. The molecule has 5 nitrogen and oxygen atoms in total. The lowest BCUT2D eigenvalue weighted by Gasteiger charge is -2.33. The number of ether oxygens (including phenoxy) is 1. The summed E-state index contributed by atoms with van der Waals surface area (Å²) in [5.74, 6) is 0. The predicted octanol–water partition coefficient (Wildman–Crippen LogP) is -0.0166. The molecule has 1 aliphatic heterocycles. The Kier molecular flexibility index (Phi) is 3.88. The van der Waals surface area contributed by atoms with Crippen LogP contribution in [0, 0.1) is 0 Å². The van der Waals surface area contributed by atoms with Crippen molar-refractivity contribution < 1.29 is 17.7 Å². The molecule has 0 amide bonds. The maximum atomic E-state index is 11.0. The minimum atomic E-state index is -3.99. The Morgan fingerprint density at radius 3 is 2.71 bits per heavy atom. The van der Waals surface area contributed by atoms with Crippen molar-refractivity contribution >= 4 is 10.1 Å². The van der Waals surface area contributed by atoms with Crippen LogP contribution in [0.3, 0.4) is 0 Å². The normalized spacial score (nSPS) is 27.5. The molecule has 0 bridgehead atoms. The molecule has 0 saturated carbocycles. The first-order valence-corrected chi connectivity index (χ1v) is 6.22. The highest BCUT2D eigenvalue weighted by Gasteiger charge is 2.33. The van der Waals surface area contributed by atoms with E-state index in [0.717, 1.165) is 6.54 Å². The molecule has 0 aromatic carbocycles. The van der Waals surface area contributed by atoms with Crippen LogP contribution < -0.4 is 0 Å². The Morgan fingerprint density at radius 1 is 1.64 bits per heavy atom. The zero-order valence-electron chi connectivity index (χ0n) is 8.51. The van der Waals surface area contributed by atoms with E-state index in [9.17, 15) is 8.42 Å². The van der Waals surface area contributed by atoms with E-state index in [0.29, 0.717) is 19.6 Å². The summed E-state index contributed by atoms with van der Waals surface area (Å²) in [6.07, 6.45) is -0.0362. The van der Waals surface area contributed by atoms with Gasteiger partial charge in [0.25, 0.3) is 10.1 Å². The SMILES string of the molecule is CCC(C1CN(C)CCO1)S(=O)(=O)O. The molecular weight excluding hydrogens is 206 g/mol. The summed E-state index contributed by atoms with van der Waals surface area (Å²) < 4.78 is 36.4. The Morgan fingerprint density at radius 2 is 2.29 bits per heavy atom. The molecular formula is C8H17NO4S. The Balaban J connectivity index is 2.70. The third-order valence-electron chi connectivity index (χ3n) is 2.50. The number of hydrogen-bond donors (Lipinski definition) is 1. The fourth-order valence-electron chi connectivity index (χ4n) is 1.70. The second-order valence-corrected chi connectivity index (χ2v) is 5.27. The third kappa shape index (κ3) is 2.91. The molecule has 1 fully saturated rings. The molecule has 1 heterocycles. The van der Waals surface area contributed by atoms with E-state index in [4.69, 9.17) is 9.29 Å². The molecule has 6 heteroatoms. The van der Waals surface area contributed by atoms with Crippen LogP contribution in [0.4, 0.5) is 0 Å². The van der Waals surface area contributed by atoms with E-state index in [-0.39, 0.29) is 0 Å². The van der Waals surface area contributed by atoms with E-state index < -0.39 is 21.5 Å². The summed E-state index contributed by atoms with van der Waals surface area (Å²) >= 11 is 0. The highest BCUT2D eigenvalue weighted by atomic mass is 32.2. The molecule has 14 heavy (non-hydrogen) atoms. The Bertz CT molecular complexity index is 277. The van der Waals surface area contributed by atoms with Crippen molar-refractivity contribution in [2.24, 2.45) is 0 Å². The molecule has 2 atom stereocenters. The first-order chi connectivity index (χ1) is 6.45. The van der Waals surface area contributed by atoms with Gasteiger partial charge in [0.15, 0.2) is 0 Å². The maximum absolute atomic E-state index is 11.0. The van der Waals surface area contributed by atoms with Crippen LogP contribution in [0.25, 0.3) is 0 Å². The minimum absolute atomic E-state index is 0.372. The van der Waals surface area contributed by atoms with Crippen molar-refractivity contribution in [2.75, 3.05) is 26.7 Å². The average molecular weight is 223 g/mol. The van der Waals surface area contributed by atoms with Crippen molar-refractivity contribution in [1.29, 1.82) is 0 Å². The maximum Gasteiger partial charge on any atom is 0.270 e. The lowest BCUT2D eigenvalue weighted by molar-refractivity contribution is -0.0223. The van der Waals surface area contributed by atoms with Crippen LogP contribution in [0.15, 0.2) is 0 Å². The summed E-state index contributed by atoms with van der Waals surface area (Å²) in [6.45, 7) is 3.61. The van der Waals surface area contributed by atoms with E-state index in [1.807, 2.05) is 11.9 Å². The second-order valence-electron chi connectivity index (χ2n) is 3.63. The van der Waals surface area contributed by atoms with Crippen molar-refractivity contribution in [3.8, 4) is 0 Å². The number of likely N-dealkylation sites (N-methyl/N-ethyl adjacent to an activating group) is 1. The minimum Gasteiger partial charge on any atom is -0.374 e.